The van der Waals surface area contributed by atoms with Crippen molar-refractivity contribution >= 4 is 46.4 Å². The summed E-state index contributed by atoms with van der Waals surface area (Å²) in [6.07, 6.45) is 6.80. The molecule has 1 fully saturated rings. The zero-order chi connectivity index (χ0) is 24.6. The molecule has 0 atom stereocenters. The SMILES string of the molecule is O=C(CNc1cccc(NC(=O)c2ccco2)c1)Nc1ccc(Cl)c(C(=O)NC2CCCCC2)c1. The van der Waals surface area contributed by atoms with Crippen LogP contribution < -0.4 is 21.3 Å². The van der Waals surface area contributed by atoms with E-state index < -0.39 is 0 Å². The number of hydrogen-bond donors (Lipinski definition) is 4. The molecule has 0 unspecified atom stereocenters. The number of nitrogens with one attached hydrogen (secondary N) is 4. The van der Waals surface area contributed by atoms with E-state index in [1.807, 2.05) is 0 Å². The number of rotatable bonds is 8. The quantitative estimate of drug-likeness (QED) is 0.339. The summed E-state index contributed by atoms with van der Waals surface area (Å²) in [4.78, 5) is 37.3. The van der Waals surface area contributed by atoms with Crippen molar-refractivity contribution in [1.29, 1.82) is 0 Å². The standard InChI is InChI=1S/C26H27ClN4O4/c27-22-12-11-20(15-21(22)25(33)30-17-6-2-1-3-7-17)29-24(32)16-28-18-8-4-9-19(14-18)31-26(34)23-10-5-13-35-23/h4-5,8-15,17,28H,1-3,6-7,16H2,(H,29,32)(H,30,33)(H,31,34). The molecule has 3 aromatic rings. The van der Waals surface area contributed by atoms with Gasteiger partial charge in [0.05, 0.1) is 23.4 Å². The topological polar surface area (TPSA) is 112 Å². The van der Waals surface area contributed by atoms with Crippen molar-refractivity contribution in [3.63, 3.8) is 0 Å². The molecule has 3 amide bonds. The predicted octanol–water partition coefficient (Wildman–Crippen LogP) is 5.30. The van der Waals surface area contributed by atoms with Gasteiger partial charge in [0.2, 0.25) is 5.91 Å². The second-order valence-electron chi connectivity index (χ2n) is 8.42. The zero-order valence-corrected chi connectivity index (χ0v) is 19.9. The molecule has 0 saturated heterocycles. The second-order valence-corrected chi connectivity index (χ2v) is 8.82. The van der Waals surface area contributed by atoms with Crippen molar-refractivity contribution in [2.75, 3.05) is 22.5 Å². The van der Waals surface area contributed by atoms with Crippen molar-refractivity contribution in [3.8, 4) is 0 Å². The normalized spacial score (nSPS) is 13.6. The first kappa shape index (κ1) is 24.3. The molecule has 0 aliphatic heterocycles. The van der Waals surface area contributed by atoms with Gasteiger partial charge in [0, 0.05) is 23.1 Å². The van der Waals surface area contributed by atoms with Crippen LogP contribution in [0.2, 0.25) is 5.02 Å². The summed E-state index contributed by atoms with van der Waals surface area (Å²) in [5.74, 6) is -0.686. The van der Waals surface area contributed by atoms with Crippen molar-refractivity contribution in [2.45, 2.75) is 38.1 Å². The smallest absolute Gasteiger partial charge is 0.291 e. The third-order valence-corrected chi connectivity index (χ3v) is 6.08. The molecule has 8 nitrogen and oxygen atoms in total. The Balaban J connectivity index is 1.31. The molecule has 1 aliphatic carbocycles. The number of anilines is 3. The van der Waals surface area contributed by atoms with Crippen molar-refractivity contribution in [2.24, 2.45) is 0 Å². The van der Waals surface area contributed by atoms with Gasteiger partial charge in [-0.1, -0.05) is 36.9 Å². The Morgan fingerprint density at radius 3 is 2.40 bits per heavy atom. The fourth-order valence-corrected chi connectivity index (χ4v) is 4.19. The third kappa shape index (κ3) is 6.86. The first-order valence-corrected chi connectivity index (χ1v) is 11.9. The van der Waals surface area contributed by atoms with Gasteiger partial charge in [0.25, 0.3) is 11.8 Å². The zero-order valence-electron chi connectivity index (χ0n) is 19.1. The van der Waals surface area contributed by atoms with Gasteiger partial charge < -0.3 is 25.7 Å². The first-order chi connectivity index (χ1) is 17.0. The minimum Gasteiger partial charge on any atom is -0.459 e. The lowest BCUT2D eigenvalue weighted by Crippen LogP contribution is -2.36. The summed E-state index contributed by atoms with van der Waals surface area (Å²) in [6.45, 7) is -0.0121. The van der Waals surface area contributed by atoms with Gasteiger partial charge in [0.1, 0.15) is 0 Å². The minimum atomic E-state index is -0.365. The second kappa shape index (κ2) is 11.6. The maximum Gasteiger partial charge on any atom is 0.291 e. The van der Waals surface area contributed by atoms with Gasteiger partial charge in [-0.05, 0) is 61.4 Å². The van der Waals surface area contributed by atoms with Crippen LogP contribution in [0.4, 0.5) is 17.1 Å². The Bertz CT molecular complexity index is 1190. The van der Waals surface area contributed by atoms with Crippen LogP contribution in [0.3, 0.4) is 0 Å². The van der Waals surface area contributed by atoms with Crippen molar-refractivity contribution < 1.29 is 18.8 Å². The number of carbonyl (C=O) groups is 3. The highest BCUT2D eigenvalue weighted by Crippen LogP contribution is 2.23. The Morgan fingerprint density at radius 1 is 0.857 bits per heavy atom. The van der Waals surface area contributed by atoms with E-state index in [4.69, 9.17) is 16.0 Å². The molecular formula is C26H27ClN4O4. The molecule has 9 heteroatoms. The highest BCUT2D eigenvalue weighted by Gasteiger charge is 2.19. The molecule has 0 bridgehead atoms. The molecule has 0 spiro atoms. The molecule has 0 radical (unpaired) electrons. The van der Waals surface area contributed by atoms with Crippen LogP contribution in [0.5, 0.6) is 0 Å². The molecular weight excluding hydrogens is 468 g/mol. The number of carbonyl (C=O) groups excluding carboxylic acids is 3. The van der Waals surface area contributed by atoms with E-state index in [-0.39, 0.29) is 36.1 Å². The fraction of sp³-hybridized carbons (Fsp3) is 0.269. The third-order valence-electron chi connectivity index (χ3n) is 5.75. The molecule has 182 valence electrons. The van der Waals surface area contributed by atoms with Crippen LogP contribution in [0.1, 0.15) is 53.0 Å². The van der Waals surface area contributed by atoms with E-state index in [2.05, 4.69) is 21.3 Å². The summed E-state index contributed by atoms with van der Waals surface area (Å²) in [5, 5.41) is 11.9. The summed E-state index contributed by atoms with van der Waals surface area (Å²) < 4.78 is 5.09. The van der Waals surface area contributed by atoms with Crippen LogP contribution in [0, 0.1) is 0 Å². The van der Waals surface area contributed by atoms with E-state index in [0.717, 1.165) is 25.7 Å². The van der Waals surface area contributed by atoms with Gasteiger partial charge in [-0.15, -0.1) is 0 Å². The largest absolute Gasteiger partial charge is 0.459 e. The van der Waals surface area contributed by atoms with E-state index in [0.29, 0.717) is 27.6 Å². The molecule has 35 heavy (non-hydrogen) atoms. The van der Waals surface area contributed by atoms with Gasteiger partial charge in [-0.25, -0.2) is 0 Å². The van der Waals surface area contributed by atoms with E-state index in [1.165, 1.54) is 12.7 Å². The molecule has 4 N–H and O–H groups in total. The van der Waals surface area contributed by atoms with Crippen molar-refractivity contribution in [1.82, 2.24) is 5.32 Å². The lowest BCUT2D eigenvalue weighted by atomic mass is 9.95. The van der Waals surface area contributed by atoms with Crippen LogP contribution in [-0.4, -0.2) is 30.3 Å². The molecule has 1 heterocycles. The number of benzene rings is 2. The monoisotopic (exact) mass is 494 g/mol. The number of hydrogen-bond acceptors (Lipinski definition) is 5. The van der Waals surface area contributed by atoms with E-state index >= 15 is 0 Å². The average Bonchev–Trinajstić information content (AvgIpc) is 3.40. The average molecular weight is 495 g/mol. The molecule has 1 saturated carbocycles. The lowest BCUT2D eigenvalue weighted by molar-refractivity contribution is -0.114. The fourth-order valence-electron chi connectivity index (χ4n) is 3.98. The highest BCUT2D eigenvalue weighted by atomic mass is 35.5. The number of halogens is 1. The Labute approximate surface area is 208 Å². The Hall–Kier alpha value is -3.78. The van der Waals surface area contributed by atoms with Gasteiger partial charge in [0.15, 0.2) is 5.76 Å². The molecule has 1 aromatic heterocycles. The van der Waals surface area contributed by atoms with Crippen LogP contribution >= 0.6 is 11.6 Å². The lowest BCUT2D eigenvalue weighted by Gasteiger charge is -2.23. The minimum absolute atomic E-state index is 0.0121. The molecule has 4 rings (SSSR count). The Morgan fingerprint density at radius 2 is 1.63 bits per heavy atom. The van der Waals surface area contributed by atoms with Gasteiger partial charge >= 0.3 is 0 Å². The molecule has 2 aromatic carbocycles. The Kier molecular flexibility index (Phi) is 8.05. The summed E-state index contributed by atoms with van der Waals surface area (Å²) >= 11 is 6.25. The maximum absolute atomic E-state index is 12.7. The number of furan rings is 1. The maximum atomic E-state index is 12.7. The highest BCUT2D eigenvalue weighted by molar-refractivity contribution is 6.34. The van der Waals surface area contributed by atoms with E-state index in [1.54, 1.807) is 54.6 Å². The van der Waals surface area contributed by atoms with Crippen LogP contribution in [0.25, 0.3) is 0 Å². The number of amides is 3. The van der Waals surface area contributed by atoms with Crippen LogP contribution in [0.15, 0.2) is 65.3 Å². The van der Waals surface area contributed by atoms with Gasteiger partial charge in [-0.2, -0.15) is 0 Å². The summed E-state index contributed by atoms with van der Waals surface area (Å²) in [5.41, 5.74) is 2.03. The van der Waals surface area contributed by atoms with Crippen LogP contribution in [-0.2, 0) is 4.79 Å². The predicted molar refractivity (Wildman–Crippen MR) is 136 cm³/mol. The van der Waals surface area contributed by atoms with E-state index in [9.17, 15) is 14.4 Å². The van der Waals surface area contributed by atoms with Crippen molar-refractivity contribution in [3.05, 3.63) is 77.2 Å². The van der Waals surface area contributed by atoms with Gasteiger partial charge in [-0.3, -0.25) is 14.4 Å². The summed E-state index contributed by atoms with van der Waals surface area (Å²) in [7, 11) is 0. The summed E-state index contributed by atoms with van der Waals surface area (Å²) in [6, 6.07) is 15.2. The first-order valence-electron chi connectivity index (χ1n) is 11.6. The molecule has 1 aliphatic rings.